The molecular formula is C21H23ClN6O2S. The summed E-state index contributed by atoms with van der Waals surface area (Å²) in [7, 11) is 0. The van der Waals surface area contributed by atoms with E-state index in [0.29, 0.717) is 24.1 Å². The van der Waals surface area contributed by atoms with Crippen LogP contribution in [0.15, 0.2) is 47.8 Å². The van der Waals surface area contributed by atoms with Gasteiger partial charge >= 0.3 is 0 Å². The Kier molecular flexibility index (Phi) is 6.74. The van der Waals surface area contributed by atoms with Gasteiger partial charge < -0.3 is 15.0 Å². The molecular weight excluding hydrogens is 436 g/mol. The molecule has 3 aromatic rings. The maximum absolute atomic E-state index is 12.8. The summed E-state index contributed by atoms with van der Waals surface area (Å²) in [5.41, 5.74) is 2.57. The predicted molar refractivity (Wildman–Crippen MR) is 122 cm³/mol. The summed E-state index contributed by atoms with van der Waals surface area (Å²) in [5.74, 6) is 0.561. The highest BCUT2D eigenvalue weighted by Gasteiger charge is 2.25. The number of amides is 1. The third-order valence-electron chi connectivity index (χ3n) is 4.84. The molecule has 1 fully saturated rings. The molecule has 1 aliphatic heterocycles. The molecule has 31 heavy (non-hydrogen) atoms. The number of aromatic nitrogens is 4. The Hall–Kier alpha value is -2.62. The van der Waals surface area contributed by atoms with Crippen LogP contribution in [0.4, 0.5) is 11.6 Å². The number of morpholine rings is 1. The Morgan fingerprint density at radius 2 is 2.03 bits per heavy atom. The van der Waals surface area contributed by atoms with Gasteiger partial charge in [-0.1, -0.05) is 35.5 Å². The molecule has 1 unspecified atom stereocenters. The van der Waals surface area contributed by atoms with E-state index in [4.69, 9.17) is 16.3 Å². The van der Waals surface area contributed by atoms with Crippen molar-refractivity contribution in [3.63, 3.8) is 0 Å². The van der Waals surface area contributed by atoms with Gasteiger partial charge in [0.1, 0.15) is 0 Å². The van der Waals surface area contributed by atoms with Gasteiger partial charge in [-0.3, -0.25) is 9.36 Å². The minimum atomic E-state index is -0.429. The van der Waals surface area contributed by atoms with Gasteiger partial charge in [-0.05, 0) is 43.7 Å². The number of rotatable bonds is 6. The molecule has 1 amide bonds. The van der Waals surface area contributed by atoms with Crippen LogP contribution >= 0.6 is 23.4 Å². The van der Waals surface area contributed by atoms with Gasteiger partial charge in [-0.15, -0.1) is 10.2 Å². The Balaban J connectivity index is 1.60. The second-order valence-electron chi connectivity index (χ2n) is 7.15. The second-order valence-corrected chi connectivity index (χ2v) is 8.81. The maximum atomic E-state index is 12.8. The number of carbonyl (C=O) groups excluding carboxylic acids is 1. The first kappa shape index (κ1) is 21.6. The van der Waals surface area contributed by atoms with Gasteiger partial charge in [0.2, 0.25) is 11.9 Å². The summed E-state index contributed by atoms with van der Waals surface area (Å²) < 4.78 is 7.49. The summed E-state index contributed by atoms with van der Waals surface area (Å²) in [5, 5.41) is 12.2. The lowest BCUT2D eigenvalue weighted by Gasteiger charge is -2.28. The topological polar surface area (TPSA) is 85.2 Å². The number of aryl methyl sites for hydroxylation is 1. The van der Waals surface area contributed by atoms with Crippen molar-refractivity contribution < 1.29 is 9.53 Å². The summed E-state index contributed by atoms with van der Waals surface area (Å²) in [6.07, 6.45) is 1.58. The van der Waals surface area contributed by atoms with Crippen LogP contribution in [0.3, 0.4) is 0 Å². The third-order valence-corrected chi connectivity index (χ3v) is 6.18. The Morgan fingerprint density at radius 3 is 2.77 bits per heavy atom. The first-order chi connectivity index (χ1) is 15.0. The third kappa shape index (κ3) is 5.00. The van der Waals surface area contributed by atoms with Crippen molar-refractivity contribution in [3.05, 3.63) is 53.3 Å². The van der Waals surface area contributed by atoms with Crippen LogP contribution in [0, 0.1) is 6.92 Å². The molecule has 4 rings (SSSR count). The van der Waals surface area contributed by atoms with Crippen molar-refractivity contribution in [1.29, 1.82) is 0 Å². The van der Waals surface area contributed by atoms with Gasteiger partial charge in [0, 0.05) is 19.3 Å². The average Bonchev–Trinajstić information content (AvgIpc) is 3.19. The van der Waals surface area contributed by atoms with E-state index >= 15 is 0 Å². The fourth-order valence-corrected chi connectivity index (χ4v) is 4.25. The Morgan fingerprint density at radius 1 is 1.23 bits per heavy atom. The number of ether oxygens (including phenoxy) is 1. The molecule has 1 N–H and O–H groups in total. The number of nitrogens with zero attached hydrogens (tertiary/aromatic N) is 5. The number of thioether (sulfide) groups is 1. The number of hydrogen-bond donors (Lipinski definition) is 1. The largest absolute Gasteiger partial charge is 0.378 e. The molecule has 0 aliphatic carbocycles. The van der Waals surface area contributed by atoms with Gasteiger partial charge in [0.05, 0.1) is 29.8 Å². The van der Waals surface area contributed by atoms with Gasteiger partial charge in [-0.2, -0.15) is 0 Å². The van der Waals surface area contributed by atoms with Gasteiger partial charge in [0.25, 0.3) is 0 Å². The normalized spacial score (nSPS) is 15.0. The zero-order chi connectivity index (χ0) is 21.8. The second kappa shape index (κ2) is 9.67. The standard InChI is InChI=1S/C21H23ClN6O2S/c1-14-5-3-6-16(13-14)28-20(27-9-11-30-12-10-27)25-26-21(28)31-15(2)19(29)24-17-7-4-8-23-18(17)22/h3-8,13,15H,9-12H2,1-2H3,(H,24,29). The number of anilines is 2. The minimum absolute atomic E-state index is 0.188. The van der Waals surface area contributed by atoms with Crippen molar-refractivity contribution in [2.24, 2.45) is 0 Å². The monoisotopic (exact) mass is 458 g/mol. The lowest BCUT2D eigenvalue weighted by molar-refractivity contribution is -0.115. The van der Waals surface area contributed by atoms with E-state index in [1.807, 2.05) is 36.6 Å². The zero-order valence-corrected chi connectivity index (χ0v) is 18.9. The van der Waals surface area contributed by atoms with E-state index in [9.17, 15) is 4.79 Å². The van der Waals surface area contributed by atoms with Crippen LogP contribution in [0.1, 0.15) is 12.5 Å². The highest BCUT2D eigenvalue weighted by Crippen LogP contribution is 2.30. The van der Waals surface area contributed by atoms with E-state index in [1.54, 1.807) is 18.3 Å². The average molecular weight is 459 g/mol. The van der Waals surface area contributed by atoms with Gasteiger partial charge in [0.15, 0.2) is 10.3 Å². The van der Waals surface area contributed by atoms with Crippen LogP contribution in [0.2, 0.25) is 5.15 Å². The number of hydrogen-bond acceptors (Lipinski definition) is 7. The van der Waals surface area contributed by atoms with Gasteiger partial charge in [-0.25, -0.2) is 4.98 Å². The molecule has 1 saturated heterocycles. The van der Waals surface area contributed by atoms with Crippen molar-refractivity contribution in [2.75, 3.05) is 36.5 Å². The number of halogens is 1. The predicted octanol–water partition coefficient (Wildman–Crippen LogP) is 3.58. The Labute approximate surface area is 190 Å². The first-order valence-corrected chi connectivity index (χ1v) is 11.2. The highest BCUT2D eigenvalue weighted by molar-refractivity contribution is 8.00. The van der Waals surface area contributed by atoms with Crippen molar-refractivity contribution >= 4 is 40.9 Å². The van der Waals surface area contributed by atoms with Crippen LogP contribution in [0.25, 0.3) is 5.69 Å². The molecule has 1 aromatic carbocycles. The molecule has 0 radical (unpaired) electrons. The van der Waals surface area contributed by atoms with Crippen molar-refractivity contribution in [2.45, 2.75) is 24.3 Å². The van der Waals surface area contributed by atoms with E-state index < -0.39 is 5.25 Å². The highest BCUT2D eigenvalue weighted by atomic mass is 35.5. The summed E-state index contributed by atoms with van der Waals surface area (Å²) >= 11 is 7.41. The zero-order valence-electron chi connectivity index (χ0n) is 17.3. The molecule has 3 heterocycles. The van der Waals surface area contributed by atoms with E-state index in [-0.39, 0.29) is 11.1 Å². The summed E-state index contributed by atoms with van der Waals surface area (Å²) in [4.78, 5) is 18.9. The maximum Gasteiger partial charge on any atom is 0.237 e. The van der Waals surface area contributed by atoms with Crippen LogP contribution in [0.5, 0.6) is 0 Å². The summed E-state index contributed by atoms with van der Waals surface area (Å²) in [6, 6.07) is 11.6. The Bertz CT molecular complexity index is 1070. The lowest BCUT2D eigenvalue weighted by Crippen LogP contribution is -2.38. The number of nitrogens with one attached hydrogen (secondary N) is 1. The quantitative estimate of drug-likeness (QED) is 0.446. The minimum Gasteiger partial charge on any atom is -0.378 e. The fourth-order valence-electron chi connectivity index (χ4n) is 3.23. The van der Waals surface area contributed by atoms with E-state index in [2.05, 4.69) is 31.5 Å². The smallest absolute Gasteiger partial charge is 0.237 e. The molecule has 8 nitrogen and oxygen atoms in total. The van der Waals surface area contributed by atoms with E-state index in [1.165, 1.54) is 11.8 Å². The molecule has 2 aromatic heterocycles. The first-order valence-electron chi connectivity index (χ1n) is 9.96. The van der Waals surface area contributed by atoms with Crippen LogP contribution in [-0.2, 0) is 9.53 Å². The molecule has 0 bridgehead atoms. The number of pyridine rings is 1. The number of benzene rings is 1. The van der Waals surface area contributed by atoms with Crippen LogP contribution < -0.4 is 10.2 Å². The SMILES string of the molecule is Cc1cccc(-n2c(SC(C)C(=O)Nc3cccnc3Cl)nnc2N2CCOCC2)c1. The fraction of sp³-hybridized carbons (Fsp3) is 0.333. The molecule has 1 aliphatic rings. The van der Waals surface area contributed by atoms with Crippen molar-refractivity contribution in [3.8, 4) is 5.69 Å². The molecule has 162 valence electrons. The van der Waals surface area contributed by atoms with E-state index in [0.717, 1.165) is 30.3 Å². The van der Waals surface area contributed by atoms with Crippen LogP contribution in [-0.4, -0.2) is 57.2 Å². The molecule has 10 heteroatoms. The molecule has 1 atom stereocenters. The number of carbonyl (C=O) groups is 1. The summed E-state index contributed by atoms with van der Waals surface area (Å²) in [6.45, 7) is 6.65. The lowest BCUT2D eigenvalue weighted by atomic mass is 10.2. The van der Waals surface area contributed by atoms with Crippen molar-refractivity contribution in [1.82, 2.24) is 19.7 Å². The molecule has 0 saturated carbocycles. The molecule has 0 spiro atoms.